The molecular formula is C14H17NO4S. The van der Waals surface area contributed by atoms with Crippen molar-refractivity contribution < 1.29 is 19.5 Å². The lowest BCUT2D eigenvalue weighted by atomic mass is 9.92. The second-order valence-electron chi connectivity index (χ2n) is 5.24. The molecule has 2 rings (SSSR count). The minimum atomic E-state index is -0.965. The minimum absolute atomic E-state index is 0.0950. The van der Waals surface area contributed by atoms with Crippen LogP contribution < -0.4 is 0 Å². The van der Waals surface area contributed by atoms with Gasteiger partial charge in [0.2, 0.25) is 0 Å². The van der Waals surface area contributed by atoms with Crippen molar-refractivity contribution in [1.82, 2.24) is 4.90 Å². The predicted octanol–water partition coefficient (Wildman–Crippen LogP) is 2.28. The molecule has 0 radical (unpaired) electrons. The maximum atomic E-state index is 12.4. The molecule has 108 valence electrons. The van der Waals surface area contributed by atoms with E-state index in [1.165, 1.54) is 23.2 Å². The number of likely N-dealkylation sites (tertiary alicyclic amines) is 1. The Kier molecular flexibility index (Phi) is 4.23. The number of ketones is 1. The first-order valence-electron chi connectivity index (χ1n) is 6.53. The number of carboxylic acid groups (broad SMARTS) is 1. The molecule has 0 spiro atoms. The summed E-state index contributed by atoms with van der Waals surface area (Å²) in [6, 6.07) is 0.779. The van der Waals surface area contributed by atoms with Gasteiger partial charge in [0.05, 0.1) is 4.88 Å². The largest absolute Gasteiger partial charge is 0.480 e. The molecule has 5 nitrogen and oxygen atoms in total. The fraction of sp³-hybridized carbons (Fsp3) is 0.500. The second kappa shape index (κ2) is 5.75. The normalized spacial score (nSPS) is 22.6. The van der Waals surface area contributed by atoms with Crippen LogP contribution in [0.1, 0.15) is 46.7 Å². The first-order valence-corrected chi connectivity index (χ1v) is 7.41. The van der Waals surface area contributed by atoms with E-state index in [0.29, 0.717) is 29.3 Å². The Labute approximate surface area is 121 Å². The summed E-state index contributed by atoms with van der Waals surface area (Å²) in [4.78, 5) is 36.8. The molecule has 6 heteroatoms. The van der Waals surface area contributed by atoms with Crippen molar-refractivity contribution in [2.45, 2.75) is 32.7 Å². The highest BCUT2D eigenvalue weighted by atomic mass is 32.1. The molecule has 0 saturated carbocycles. The van der Waals surface area contributed by atoms with Gasteiger partial charge in [-0.05, 0) is 31.7 Å². The fourth-order valence-electron chi connectivity index (χ4n) is 2.39. The number of rotatable bonds is 3. The zero-order valence-corrected chi connectivity index (χ0v) is 12.3. The third kappa shape index (κ3) is 2.90. The van der Waals surface area contributed by atoms with Crippen molar-refractivity contribution in [1.29, 1.82) is 0 Å². The van der Waals surface area contributed by atoms with Crippen LogP contribution in [0.5, 0.6) is 0 Å². The van der Waals surface area contributed by atoms with Gasteiger partial charge in [0, 0.05) is 17.5 Å². The average Bonchev–Trinajstić information content (AvgIpc) is 2.87. The topological polar surface area (TPSA) is 74.7 Å². The maximum absolute atomic E-state index is 12.4. The number of carbonyl (C=O) groups is 3. The fourth-order valence-corrected chi connectivity index (χ4v) is 3.29. The monoisotopic (exact) mass is 295 g/mol. The van der Waals surface area contributed by atoms with Gasteiger partial charge in [-0.15, -0.1) is 11.3 Å². The molecule has 20 heavy (non-hydrogen) atoms. The van der Waals surface area contributed by atoms with Crippen molar-refractivity contribution in [2.24, 2.45) is 5.92 Å². The number of piperidine rings is 1. The number of amides is 1. The number of thiophene rings is 1. The molecule has 1 saturated heterocycles. The lowest BCUT2D eigenvalue weighted by Gasteiger charge is -2.35. The Morgan fingerprint density at radius 2 is 2.10 bits per heavy atom. The summed E-state index contributed by atoms with van der Waals surface area (Å²) in [6.45, 7) is 3.89. The van der Waals surface area contributed by atoms with E-state index < -0.39 is 12.0 Å². The first-order chi connectivity index (χ1) is 9.40. The van der Waals surface area contributed by atoms with E-state index in [1.54, 1.807) is 11.4 Å². The van der Waals surface area contributed by atoms with Crippen LogP contribution in [-0.2, 0) is 4.79 Å². The van der Waals surface area contributed by atoms with Crippen LogP contribution >= 0.6 is 11.3 Å². The molecule has 1 aliphatic rings. The minimum Gasteiger partial charge on any atom is -0.480 e. The van der Waals surface area contributed by atoms with Gasteiger partial charge < -0.3 is 10.0 Å². The lowest BCUT2D eigenvalue weighted by Crippen LogP contribution is -2.49. The number of hydrogen-bond acceptors (Lipinski definition) is 4. The third-order valence-electron chi connectivity index (χ3n) is 3.63. The van der Waals surface area contributed by atoms with E-state index in [-0.39, 0.29) is 11.7 Å². The molecule has 1 amide bonds. The van der Waals surface area contributed by atoms with Crippen molar-refractivity contribution in [3.05, 3.63) is 21.9 Å². The summed E-state index contributed by atoms with van der Waals surface area (Å²) in [5, 5.41) is 10.9. The molecule has 1 aliphatic heterocycles. The van der Waals surface area contributed by atoms with Crippen LogP contribution in [0.2, 0.25) is 0 Å². The molecule has 0 aromatic carbocycles. The van der Waals surface area contributed by atoms with Crippen molar-refractivity contribution >= 4 is 29.0 Å². The standard InChI is InChI=1S/C14H17NO4S/c1-8-3-4-15(11(5-8)14(18)19)13(17)12-6-10(7-20-12)9(2)16/h6-8,11H,3-5H2,1-2H3,(H,18,19). The summed E-state index contributed by atoms with van der Waals surface area (Å²) in [5.41, 5.74) is 0.496. The van der Waals surface area contributed by atoms with Gasteiger partial charge in [0.1, 0.15) is 6.04 Å². The Bertz CT molecular complexity index is 551. The van der Waals surface area contributed by atoms with E-state index >= 15 is 0 Å². The molecule has 1 aromatic rings. The molecule has 1 N–H and O–H groups in total. The lowest BCUT2D eigenvalue weighted by molar-refractivity contribution is -0.144. The van der Waals surface area contributed by atoms with Gasteiger partial charge in [-0.3, -0.25) is 9.59 Å². The van der Waals surface area contributed by atoms with Gasteiger partial charge in [-0.1, -0.05) is 6.92 Å². The molecule has 1 aromatic heterocycles. The summed E-state index contributed by atoms with van der Waals surface area (Å²) in [6.07, 6.45) is 1.28. The van der Waals surface area contributed by atoms with Crippen LogP contribution in [0, 0.1) is 5.92 Å². The van der Waals surface area contributed by atoms with Crippen molar-refractivity contribution in [3.63, 3.8) is 0 Å². The Morgan fingerprint density at radius 1 is 1.40 bits per heavy atom. The Hall–Kier alpha value is -1.69. The van der Waals surface area contributed by atoms with Crippen LogP contribution in [0.25, 0.3) is 0 Å². The summed E-state index contributed by atoms with van der Waals surface area (Å²) in [7, 11) is 0. The smallest absolute Gasteiger partial charge is 0.326 e. The molecular weight excluding hydrogens is 278 g/mol. The van der Waals surface area contributed by atoms with Crippen LogP contribution in [0.4, 0.5) is 0 Å². The van der Waals surface area contributed by atoms with E-state index in [4.69, 9.17) is 0 Å². The zero-order chi connectivity index (χ0) is 14.9. The first kappa shape index (κ1) is 14.7. The van der Waals surface area contributed by atoms with Crippen LogP contribution in [0.15, 0.2) is 11.4 Å². The van der Waals surface area contributed by atoms with Gasteiger partial charge in [0.25, 0.3) is 5.91 Å². The summed E-state index contributed by atoms with van der Waals surface area (Å²) >= 11 is 1.19. The number of aliphatic carboxylic acids is 1. The summed E-state index contributed by atoms with van der Waals surface area (Å²) < 4.78 is 0. The van der Waals surface area contributed by atoms with E-state index in [0.717, 1.165) is 6.42 Å². The average molecular weight is 295 g/mol. The third-order valence-corrected chi connectivity index (χ3v) is 4.55. The molecule has 0 aliphatic carbocycles. The molecule has 2 atom stereocenters. The number of carboxylic acids is 1. The van der Waals surface area contributed by atoms with Gasteiger partial charge >= 0.3 is 5.97 Å². The van der Waals surface area contributed by atoms with Crippen molar-refractivity contribution in [2.75, 3.05) is 6.54 Å². The van der Waals surface area contributed by atoms with Gasteiger partial charge in [-0.2, -0.15) is 0 Å². The van der Waals surface area contributed by atoms with E-state index in [2.05, 4.69) is 0 Å². The van der Waals surface area contributed by atoms with Gasteiger partial charge in [0.15, 0.2) is 5.78 Å². The molecule has 0 bridgehead atoms. The molecule has 2 unspecified atom stereocenters. The van der Waals surface area contributed by atoms with Gasteiger partial charge in [-0.25, -0.2) is 4.79 Å². The molecule has 2 heterocycles. The quantitative estimate of drug-likeness (QED) is 0.868. The van der Waals surface area contributed by atoms with Crippen molar-refractivity contribution in [3.8, 4) is 0 Å². The highest BCUT2D eigenvalue weighted by Gasteiger charge is 2.35. The van der Waals surface area contributed by atoms with E-state index in [1.807, 2.05) is 6.92 Å². The number of carbonyl (C=O) groups excluding carboxylic acids is 2. The second-order valence-corrected chi connectivity index (χ2v) is 6.15. The predicted molar refractivity (Wildman–Crippen MR) is 75.2 cm³/mol. The summed E-state index contributed by atoms with van der Waals surface area (Å²) in [5.74, 6) is -1.05. The highest BCUT2D eigenvalue weighted by Crippen LogP contribution is 2.26. The number of Topliss-reactive ketones (excluding diaryl/α,β-unsaturated/α-hetero) is 1. The van der Waals surface area contributed by atoms with E-state index in [9.17, 15) is 19.5 Å². The maximum Gasteiger partial charge on any atom is 0.326 e. The van der Waals surface area contributed by atoms with Crippen LogP contribution in [0.3, 0.4) is 0 Å². The highest BCUT2D eigenvalue weighted by molar-refractivity contribution is 7.12. The molecule has 1 fully saturated rings. The van der Waals surface area contributed by atoms with Crippen LogP contribution in [-0.4, -0.2) is 40.3 Å². The number of nitrogens with zero attached hydrogens (tertiary/aromatic N) is 1. The Morgan fingerprint density at radius 3 is 2.65 bits per heavy atom. The SMILES string of the molecule is CC(=O)c1csc(C(=O)N2CCC(C)CC2C(=O)O)c1. The number of hydrogen-bond donors (Lipinski definition) is 1. The zero-order valence-electron chi connectivity index (χ0n) is 11.5. The Balaban J connectivity index is 2.21.